The third-order valence-electron chi connectivity index (χ3n) is 3.60. The standard InChI is InChI=1S/C13H24O/c1-4-10(2)9-13(14)12-7-5-11(3)6-8-12/h11-14H,2,4-9H2,1,3H3. The summed E-state index contributed by atoms with van der Waals surface area (Å²) < 4.78 is 0. The summed E-state index contributed by atoms with van der Waals surface area (Å²) in [6.45, 7) is 8.39. The van der Waals surface area contributed by atoms with Crippen molar-refractivity contribution in [2.45, 2.75) is 58.5 Å². The Morgan fingerprint density at radius 1 is 1.36 bits per heavy atom. The van der Waals surface area contributed by atoms with Gasteiger partial charge >= 0.3 is 0 Å². The normalized spacial score (nSPS) is 29.9. The van der Waals surface area contributed by atoms with E-state index in [1.165, 1.54) is 31.3 Å². The molecule has 1 fully saturated rings. The third-order valence-corrected chi connectivity index (χ3v) is 3.60. The summed E-state index contributed by atoms with van der Waals surface area (Å²) in [6, 6.07) is 0. The topological polar surface area (TPSA) is 20.2 Å². The molecule has 1 N–H and O–H groups in total. The third kappa shape index (κ3) is 3.45. The van der Waals surface area contributed by atoms with Gasteiger partial charge in [0.1, 0.15) is 0 Å². The van der Waals surface area contributed by atoms with Crippen molar-refractivity contribution in [3.63, 3.8) is 0 Å². The molecule has 1 rings (SSSR count). The highest BCUT2D eigenvalue weighted by molar-refractivity contribution is 4.96. The molecule has 0 aromatic carbocycles. The van der Waals surface area contributed by atoms with Crippen LogP contribution in [0.15, 0.2) is 12.2 Å². The van der Waals surface area contributed by atoms with E-state index in [0.717, 1.165) is 18.8 Å². The minimum Gasteiger partial charge on any atom is -0.393 e. The zero-order valence-electron chi connectivity index (χ0n) is 9.63. The van der Waals surface area contributed by atoms with E-state index in [4.69, 9.17) is 0 Å². The molecule has 0 bridgehead atoms. The first-order valence-corrected chi connectivity index (χ1v) is 5.98. The van der Waals surface area contributed by atoms with Crippen molar-refractivity contribution < 1.29 is 5.11 Å². The van der Waals surface area contributed by atoms with Crippen molar-refractivity contribution >= 4 is 0 Å². The lowest BCUT2D eigenvalue weighted by Gasteiger charge is -2.30. The highest BCUT2D eigenvalue weighted by Crippen LogP contribution is 2.32. The lowest BCUT2D eigenvalue weighted by Crippen LogP contribution is -2.25. The summed E-state index contributed by atoms with van der Waals surface area (Å²) in [4.78, 5) is 0. The van der Waals surface area contributed by atoms with Crippen molar-refractivity contribution in [2.75, 3.05) is 0 Å². The molecule has 0 aromatic rings. The van der Waals surface area contributed by atoms with Crippen molar-refractivity contribution in [1.82, 2.24) is 0 Å². The summed E-state index contributed by atoms with van der Waals surface area (Å²) in [5.41, 5.74) is 1.19. The second-order valence-corrected chi connectivity index (χ2v) is 4.89. The van der Waals surface area contributed by atoms with Gasteiger partial charge in [0.2, 0.25) is 0 Å². The molecule has 1 heteroatoms. The monoisotopic (exact) mass is 196 g/mol. The van der Waals surface area contributed by atoms with E-state index in [1.807, 2.05) is 0 Å². The maximum atomic E-state index is 10.0. The van der Waals surface area contributed by atoms with Crippen LogP contribution in [-0.2, 0) is 0 Å². The molecule has 14 heavy (non-hydrogen) atoms. The molecule has 1 saturated carbocycles. The predicted octanol–water partition coefficient (Wildman–Crippen LogP) is 3.53. The number of rotatable bonds is 4. The van der Waals surface area contributed by atoms with Gasteiger partial charge in [-0.2, -0.15) is 0 Å². The molecule has 1 aliphatic rings. The van der Waals surface area contributed by atoms with Crippen LogP contribution >= 0.6 is 0 Å². The van der Waals surface area contributed by atoms with E-state index in [-0.39, 0.29) is 6.10 Å². The van der Waals surface area contributed by atoms with Gasteiger partial charge in [0.05, 0.1) is 6.10 Å². The maximum absolute atomic E-state index is 10.0. The minimum absolute atomic E-state index is 0.130. The number of aliphatic hydroxyl groups is 1. The zero-order valence-corrected chi connectivity index (χ0v) is 9.63. The van der Waals surface area contributed by atoms with Crippen LogP contribution in [0.5, 0.6) is 0 Å². The molecule has 1 atom stereocenters. The van der Waals surface area contributed by atoms with E-state index < -0.39 is 0 Å². The van der Waals surface area contributed by atoms with Crippen molar-refractivity contribution in [3.8, 4) is 0 Å². The van der Waals surface area contributed by atoms with Crippen LogP contribution in [0.1, 0.15) is 52.4 Å². The molecule has 0 saturated heterocycles. The molecule has 0 spiro atoms. The summed E-state index contributed by atoms with van der Waals surface area (Å²) in [7, 11) is 0. The van der Waals surface area contributed by atoms with E-state index in [2.05, 4.69) is 20.4 Å². The highest BCUT2D eigenvalue weighted by atomic mass is 16.3. The van der Waals surface area contributed by atoms with Gasteiger partial charge in [-0.15, -0.1) is 0 Å². The Kier molecular flexibility index (Phi) is 4.67. The van der Waals surface area contributed by atoms with E-state index in [1.54, 1.807) is 0 Å². The average molecular weight is 196 g/mol. The fourth-order valence-corrected chi connectivity index (χ4v) is 2.28. The molecule has 82 valence electrons. The molecule has 1 nitrogen and oxygen atoms in total. The second kappa shape index (κ2) is 5.55. The van der Waals surface area contributed by atoms with Crippen molar-refractivity contribution in [2.24, 2.45) is 11.8 Å². The SMILES string of the molecule is C=C(CC)CC(O)C1CCC(C)CC1. The van der Waals surface area contributed by atoms with E-state index >= 15 is 0 Å². The molecule has 0 aromatic heterocycles. The minimum atomic E-state index is -0.130. The summed E-state index contributed by atoms with van der Waals surface area (Å²) in [5, 5.41) is 10.0. The largest absolute Gasteiger partial charge is 0.393 e. The van der Waals surface area contributed by atoms with Gasteiger partial charge in [0.15, 0.2) is 0 Å². The van der Waals surface area contributed by atoms with Gasteiger partial charge in [-0.1, -0.05) is 38.8 Å². The molecular formula is C13H24O. The number of hydrogen-bond donors (Lipinski definition) is 1. The first kappa shape index (κ1) is 11.8. The maximum Gasteiger partial charge on any atom is 0.0605 e. The van der Waals surface area contributed by atoms with E-state index in [9.17, 15) is 5.11 Å². The fraction of sp³-hybridized carbons (Fsp3) is 0.846. The van der Waals surface area contributed by atoms with Gasteiger partial charge in [-0.3, -0.25) is 0 Å². The Morgan fingerprint density at radius 2 is 1.93 bits per heavy atom. The van der Waals surface area contributed by atoms with Gasteiger partial charge in [-0.05, 0) is 37.5 Å². The molecule has 1 aliphatic carbocycles. The Bertz CT molecular complexity index is 178. The average Bonchev–Trinajstić information content (AvgIpc) is 2.18. The highest BCUT2D eigenvalue weighted by Gasteiger charge is 2.24. The van der Waals surface area contributed by atoms with Crippen LogP contribution in [0.25, 0.3) is 0 Å². The Labute approximate surface area is 88.2 Å². The zero-order chi connectivity index (χ0) is 10.6. The summed E-state index contributed by atoms with van der Waals surface area (Å²) in [6.07, 6.45) is 6.68. The molecule has 0 amide bonds. The van der Waals surface area contributed by atoms with Crippen molar-refractivity contribution in [3.05, 3.63) is 12.2 Å². The van der Waals surface area contributed by atoms with Crippen LogP contribution in [0.3, 0.4) is 0 Å². The molecular weight excluding hydrogens is 172 g/mol. The van der Waals surface area contributed by atoms with Gasteiger partial charge in [-0.25, -0.2) is 0 Å². The quantitative estimate of drug-likeness (QED) is 0.682. The van der Waals surface area contributed by atoms with E-state index in [0.29, 0.717) is 5.92 Å². The fourth-order valence-electron chi connectivity index (χ4n) is 2.28. The van der Waals surface area contributed by atoms with Crippen LogP contribution in [0, 0.1) is 11.8 Å². The van der Waals surface area contributed by atoms with Crippen LogP contribution in [-0.4, -0.2) is 11.2 Å². The number of hydrogen-bond acceptors (Lipinski definition) is 1. The first-order chi connectivity index (χ1) is 6.63. The summed E-state index contributed by atoms with van der Waals surface area (Å²) in [5.74, 6) is 1.40. The Morgan fingerprint density at radius 3 is 2.43 bits per heavy atom. The second-order valence-electron chi connectivity index (χ2n) is 4.89. The van der Waals surface area contributed by atoms with Crippen molar-refractivity contribution in [1.29, 1.82) is 0 Å². The number of aliphatic hydroxyl groups excluding tert-OH is 1. The summed E-state index contributed by atoms with van der Waals surface area (Å²) >= 11 is 0. The van der Waals surface area contributed by atoms with Crippen LogP contribution < -0.4 is 0 Å². The first-order valence-electron chi connectivity index (χ1n) is 5.98. The molecule has 1 unspecified atom stereocenters. The van der Waals surface area contributed by atoms with Gasteiger partial charge in [0, 0.05) is 0 Å². The van der Waals surface area contributed by atoms with Crippen LogP contribution in [0.2, 0.25) is 0 Å². The Balaban J connectivity index is 2.30. The molecule has 0 aliphatic heterocycles. The van der Waals surface area contributed by atoms with Gasteiger partial charge in [0.25, 0.3) is 0 Å². The molecule has 0 heterocycles. The van der Waals surface area contributed by atoms with Gasteiger partial charge < -0.3 is 5.11 Å². The predicted molar refractivity (Wildman–Crippen MR) is 61.2 cm³/mol. The van der Waals surface area contributed by atoms with Crippen LogP contribution in [0.4, 0.5) is 0 Å². The molecule has 0 radical (unpaired) electrons. The smallest absolute Gasteiger partial charge is 0.0605 e. The Hall–Kier alpha value is -0.300. The lowest BCUT2D eigenvalue weighted by molar-refractivity contribution is 0.0756. The lowest BCUT2D eigenvalue weighted by atomic mass is 9.79.